The molecule has 0 unspecified atom stereocenters. The molecule has 1 aliphatic heterocycles. The van der Waals surface area contributed by atoms with Crippen molar-refractivity contribution in [1.29, 1.82) is 0 Å². The Hall–Kier alpha value is -2.71. The van der Waals surface area contributed by atoms with Crippen LogP contribution < -0.4 is 4.74 Å². The largest absolute Gasteiger partial charge is 0.496 e. The number of hydrogen-bond donors (Lipinski definition) is 0. The van der Waals surface area contributed by atoms with Gasteiger partial charge in [-0.2, -0.15) is 0 Å². The molecule has 0 radical (unpaired) electrons. The van der Waals surface area contributed by atoms with Crippen LogP contribution in [0.2, 0.25) is 5.02 Å². The first kappa shape index (κ1) is 20.0. The molecule has 9 heteroatoms. The van der Waals surface area contributed by atoms with Crippen molar-refractivity contribution in [3.8, 4) is 17.1 Å². The lowest BCUT2D eigenvalue weighted by molar-refractivity contribution is -0.145. The molecule has 0 aliphatic carbocycles. The molecule has 7 nitrogen and oxygen atoms in total. The molecule has 0 saturated carbocycles. The van der Waals surface area contributed by atoms with Crippen LogP contribution in [0.5, 0.6) is 5.75 Å². The highest BCUT2D eigenvalue weighted by Gasteiger charge is 2.36. The second kappa shape index (κ2) is 8.53. The number of carbonyl (C=O) groups is 3. The van der Waals surface area contributed by atoms with Gasteiger partial charge in [-0.05, 0) is 49.0 Å². The van der Waals surface area contributed by atoms with E-state index in [1.165, 1.54) is 13.2 Å². The normalized spacial score (nSPS) is 15.4. The summed E-state index contributed by atoms with van der Waals surface area (Å²) < 4.78 is 15.9. The molecular weight excluding hydrogens is 406 g/mol. The number of furan rings is 1. The smallest absolute Gasteiger partial charge is 0.326 e. The first-order valence-corrected chi connectivity index (χ1v) is 9.47. The van der Waals surface area contributed by atoms with E-state index in [2.05, 4.69) is 0 Å². The van der Waals surface area contributed by atoms with Gasteiger partial charge in [-0.1, -0.05) is 11.6 Å². The summed E-state index contributed by atoms with van der Waals surface area (Å²) in [6.45, 7) is 1.40. The highest BCUT2D eigenvalue weighted by atomic mass is 35.5. The fourth-order valence-electron chi connectivity index (χ4n) is 2.55. The summed E-state index contributed by atoms with van der Waals surface area (Å²) in [6, 6.07) is 8.50. The number of nitrogens with zero attached hydrogens (tertiary/aromatic N) is 1. The van der Waals surface area contributed by atoms with E-state index in [0.717, 1.165) is 16.7 Å². The predicted molar refractivity (Wildman–Crippen MR) is 105 cm³/mol. The van der Waals surface area contributed by atoms with Crippen LogP contribution >= 0.6 is 23.4 Å². The highest BCUT2D eigenvalue weighted by Crippen LogP contribution is 2.36. The molecule has 3 rings (SSSR count). The lowest BCUT2D eigenvalue weighted by Gasteiger charge is -2.10. The van der Waals surface area contributed by atoms with Crippen LogP contribution in [0, 0.1) is 0 Å². The number of carbonyl (C=O) groups excluding carboxylic acids is 3. The van der Waals surface area contributed by atoms with E-state index in [1.54, 1.807) is 37.3 Å². The van der Waals surface area contributed by atoms with Crippen LogP contribution in [0.4, 0.5) is 4.79 Å². The summed E-state index contributed by atoms with van der Waals surface area (Å²) in [4.78, 5) is 37.0. The van der Waals surface area contributed by atoms with Crippen LogP contribution in [0.1, 0.15) is 12.7 Å². The summed E-state index contributed by atoms with van der Waals surface area (Å²) in [5.41, 5.74) is 0.657. The lowest BCUT2D eigenvalue weighted by Crippen LogP contribution is -2.34. The zero-order valence-corrected chi connectivity index (χ0v) is 16.6. The maximum atomic E-state index is 12.4. The molecule has 0 N–H and O–H groups in total. The van der Waals surface area contributed by atoms with E-state index in [0.29, 0.717) is 27.9 Å². The number of hydrogen-bond acceptors (Lipinski definition) is 7. The first-order valence-electron chi connectivity index (χ1n) is 8.27. The molecule has 1 saturated heterocycles. The summed E-state index contributed by atoms with van der Waals surface area (Å²) >= 11 is 6.78. The van der Waals surface area contributed by atoms with Crippen LogP contribution in [0.3, 0.4) is 0 Å². The molecule has 2 amide bonds. The third kappa shape index (κ3) is 4.23. The monoisotopic (exact) mass is 421 g/mol. The molecule has 1 aliphatic rings. The van der Waals surface area contributed by atoms with Gasteiger partial charge >= 0.3 is 5.97 Å². The number of imide groups is 1. The molecule has 1 fully saturated rings. The van der Waals surface area contributed by atoms with Crippen LogP contribution in [0.25, 0.3) is 17.4 Å². The quantitative estimate of drug-likeness (QED) is 0.510. The Balaban J connectivity index is 1.82. The van der Waals surface area contributed by atoms with E-state index < -0.39 is 23.7 Å². The average Bonchev–Trinajstić information content (AvgIpc) is 3.22. The number of rotatable bonds is 6. The van der Waals surface area contributed by atoms with Gasteiger partial charge in [0.1, 0.15) is 23.8 Å². The Bertz CT molecular complexity index is 967. The Kier molecular flexibility index (Phi) is 6.11. The lowest BCUT2D eigenvalue weighted by atomic mass is 10.1. The van der Waals surface area contributed by atoms with Crippen molar-refractivity contribution >= 4 is 46.6 Å². The van der Waals surface area contributed by atoms with E-state index >= 15 is 0 Å². The van der Waals surface area contributed by atoms with Crippen LogP contribution in [-0.4, -0.2) is 42.3 Å². The minimum Gasteiger partial charge on any atom is -0.496 e. The van der Waals surface area contributed by atoms with Gasteiger partial charge in [0.15, 0.2) is 0 Å². The van der Waals surface area contributed by atoms with Crippen molar-refractivity contribution in [3.63, 3.8) is 0 Å². The number of amides is 2. The Labute approximate surface area is 170 Å². The maximum absolute atomic E-state index is 12.4. The molecule has 146 valence electrons. The minimum atomic E-state index is -0.639. The number of thioether (sulfide) groups is 1. The standard InChI is InChI=1S/C19H16ClNO6S/c1-3-26-17(22)10-21-18(23)16(28-19(21)24)9-12-5-7-15(27-12)13-8-11(20)4-6-14(13)25-2/h4-9H,3,10H2,1-2H3/b16-9+. The number of esters is 1. The predicted octanol–water partition coefficient (Wildman–Crippen LogP) is 4.21. The van der Waals surface area contributed by atoms with Crippen LogP contribution in [0.15, 0.2) is 39.7 Å². The van der Waals surface area contributed by atoms with Crippen LogP contribution in [-0.2, 0) is 14.3 Å². The van der Waals surface area contributed by atoms with Crippen molar-refractivity contribution < 1.29 is 28.3 Å². The Morgan fingerprint density at radius 2 is 2.07 bits per heavy atom. The van der Waals surface area contributed by atoms with E-state index in [9.17, 15) is 14.4 Å². The molecule has 0 spiro atoms. The SMILES string of the molecule is CCOC(=O)CN1C(=O)S/C(=C/c2ccc(-c3cc(Cl)ccc3OC)o2)C1=O. The van der Waals surface area contributed by atoms with Gasteiger partial charge in [-0.3, -0.25) is 19.3 Å². The van der Waals surface area contributed by atoms with E-state index in [1.807, 2.05) is 0 Å². The Morgan fingerprint density at radius 3 is 2.79 bits per heavy atom. The van der Waals surface area contributed by atoms with Gasteiger partial charge in [0.2, 0.25) is 0 Å². The fourth-order valence-corrected chi connectivity index (χ4v) is 3.54. The molecule has 28 heavy (non-hydrogen) atoms. The van der Waals surface area contributed by atoms with Gasteiger partial charge < -0.3 is 13.9 Å². The van der Waals surface area contributed by atoms with Gasteiger partial charge in [-0.15, -0.1) is 0 Å². The topological polar surface area (TPSA) is 86.1 Å². The molecule has 1 aromatic carbocycles. The van der Waals surface area contributed by atoms with Gasteiger partial charge in [0, 0.05) is 11.1 Å². The minimum absolute atomic E-state index is 0.160. The molecule has 1 aromatic heterocycles. The van der Waals surface area contributed by atoms with Crippen molar-refractivity contribution in [2.45, 2.75) is 6.92 Å². The number of benzene rings is 1. The zero-order valence-electron chi connectivity index (χ0n) is 15.1. The third-order valence-electron chi connectivity index (χ3n) is 3.79. The van der Waals surface area contributed by atoms with Gasteiger partial charge in [0.25, 0.3) is 11.1 Å². The number of halogens is 1. The second-order valence-electron chi connectivity index (χ2n) is 5.62. The molecule has 2 heterocycles. The first-order chi connectivity index (χ1) is 13.4. The van der Waals surface area contributed by atoms with Crippen molar-refractivity contribution in [2.75, 3.05) is 20.3 Å². The summed E-state index contributed by atoms with van der Waals surface area (Å²) in [7, 11) is 1.54. The fraction of sp³-hybridized carbons (Fsp3) is 0.211. The molecular formula is C19H16ClNO6S. The summed E-state index contributed by atoms with van der Waals surface area (Å²) in [6.07, 6.45) is 1.45. The van der Waals surface area contributed by atoms with Crippen molar-refractivity contribution in [3.05, 3.63) is 46.0 Å². The second-order valence-corrected chi connectivity index (χ2v) is 7.05. The molecule has 2 aromatic rings. The van der Waals surface area contributed by atoms with Crippen molar-refractivity contribution in [2.24, 2.45) is 0 Å². The van der Waals surface area contributed by atoms with Gasteiger partial charge in [-0.25, -0.2) is 0 Å². The summed E-state index contributed by atoms with van der Waals surface area (Å²) in [5.74, 6) is 0.246. The molecule has 0 bridgehead atoms. The summed E-state index contributed by atoms with van der Waals surface area (Å²) in [5, 5.41) is -0.0126. The number of methoxy groups -OCH3 is 1. The zero-order chi connectivity index (χ0) is 20.3. The van der Waals surface area contributed by atoms with Crippen molar-refractivity contribution in [1.82, 2.24) is 4.90 Å². The van der Waals surface area contributed by atoms with E-state index in [-0.39, 0.29) is 11.5 Å². The maximum Gasteiger partial charge on any atom is 0.326 e. The molecule has 0 atom stereocenters. The Morgan fingerprint density at radius 1 is 1.29 bits per heavy atom. The average molecular weight is 422 g/mol. The van der Waals surface area contributed by atoms with E-state index in [4.69, 9.17) is 25.5 Å². The third-order valence-corrected chi connectivity index (χ3v) is 4.94. The highest BCUT2D eigenvalue weighted by molar-refractivity contribution is 8.18. The van der Waals surface area contributed by atoms with Gasteiger partial charge in [0.05, 0.1) is 24.2 Å². The number of ether oxygens (including phenoxy) is 2.